The number of amides is 1. The van der Waals surface area contributed by atoms with E-state index in [1.807, 2.05) is 32.0 Å². The molecule has 0 radical (unpaired) electrons. The van der Waals surface area contributed by atoms with Gasteiger partial charge in [-0.1, -0.05) is 17.8 Å². The minimum absolute atomic E-state index is 0.292. The van der Waals surface area contributed by atoms with Gasteiger partial charge in [0.25, 0.3) is 5.91 Å². The molecule has 98 valence electrons. The fourth-order valence-electron chi connectivity index (χ4n) is 1.52. The standard InChI is InChI=1S/C13H13N3O2S/c1-8-3-4-10(7-9(8)2)19-13-11(12(17)16-18)5-6-14-15-13/h3-7,18H,1-2H3,(H,16,17). The van der Waals surface area contributed by atoms with Crippen molar-refractivity contribution in [2.24, 2.45) is 0 Å². The average Bonchev–Trinajstić information content (AvgIpc) is 2.43. The van der Waals surface area contributed by atoms with Crippen LogP contribution in [-0.4, -0.2) is 21.3 Å². The zero-order valence-corrected chi connectivity index (χ0v) is 11.4. The van der Waals surface area contributed by atoms with E-state index in [-0.39, 0.29) is 0 Å². The van der Waals surface area contributed by atoms with Crippen molar-refractivity contribution in [2.45, 2.75) is 23.8 Å². The molecule has 2 rings (SSSR count). The summed E-state index contributed by atoms with van der Waals surface area (Å²) in [6.07, 6.45) is 1.41. The number of nitrogens with one attached hydrogen (secondary N) is 1. The second-order valence-electron chi connectivity index (χ2n) is 4.04. The highest BCUT2D eigenvalue weighted by Crippen LogP contribution is 2.29. The Kier molecular flexibility index (Phi) is 4.13. The first-order valence-electron chi connectivity index (χ1n) is 5.63. The minimum Gasteiger partial charge on any atom is -0.288 e. The largest absolute Gasteiger partial charge is 0.288 e. The number of nitrogens with zero attached hydrogens (tertiary/aromatic N) is 2. The number of carbonyl (C=O) groups is 1. The normalized spacial score (nSPS) is 10.3. The van der Waals surface area contributed by atoms with Gasteiger partial charge in [0.2, 0.25) is 0 Å². The maximum absolute atomic E-state index is 11.5. The summed E-state index contributed by atoms with van der Waals surface area (Å²) < 4.78 is 0. The van der Waals surface area contributed by atoms with Crippen molar-refractivity contribution < 1.29 is 10.0 Å². The molecule has 1 heterocycles. The molecule has 0 aliphatic heterocycles. The van der Waals surface area contributed by atoms with E-state index in [4.69, 9.17) is 5.21 Å². The maximum atomic E-state index is 11.5. The summed E-state index contributed by atoms with van der Waals surface area (Å²) in [5, 5.41) is 16.9. The molecule has 0 spiro atoms. The Bertz CT molecular complexity index is 617. The molecule has 2 N–H and O–H groups in total. The second kappa shape index (κ2) is 5.81. The Balaban J connectivity index is 2.32. The molecule has 0 saturated carbocycles. The number of hydroxylamine groups is 1. The van der Waals surface area contributed by atoms with Gasteiger partial charge in [-0.2, -0.15) is 5.10 Å². The molecule has 0 aliphatic rings. The highest BCUT2D eigenvalue weighted by atomic mass is 32.2. The van der Waals surface area contributed by atoms with Crippen molar-refractivity contribution in [3.63, 3.8) is 0 Å². The molecule has 2 aromatic rings. The van der Waals surface area contributed by atoms with Gasteiger partial charge in [-0.15, -0.1) is 5.10 Å². The van der Waals surface area contributed by atoms with Gasteiger partial charge in [-0.25, -0.2) is 5.48 Å². The summed E-state index contributed by atoms with van der Waals surface area (Å²) >= 11 is 1.34. The third-order valence-electron chi connectivity index (χ3n) is 2.73. The van der Waals surface area contributed by atoms with E-state index in [1.165, 1.54) is 35.2 Å². The highest BCUT2D eigenvalue weighted by molar-refractivity contribution is 7.99. The van der Waals surface area contributed by atoms with Gasteiger partial charge in [-0.3, -0.25) is 10.0 Å². The van der Waals surface area contributed by atoms with Crippen molar-refractivity contribution in [2.75, 3.05) is 0 Å². The van der Waals surface area contributed by atoms with Gasteiger partial charge in [0.15, 0.2) is 0 Å². The number of hydrogen-bond donors (Lipinski definition) is 2. The van der Waals surface area contributed by atoms with Crippen molar-refractivity contribution in [1.82, 2.24) is 15.7 Å². The quantitative estimate of drug-likeness (QED) is 0.664. The SMILES string of the molecule is Cc1ccc(Sc2nnccc2C(=O)NO)cc1C. The molecule has 1 aromatic heterocycles. The van der Waals surface area contributed by atoms with Gasteiger partial charge in [0.05, 0.1) is 11.8 Å². The number of rotatable bonds is 3. The number of carbonyl (C=O) groups excluding carboxylic acids is 1. The fourth-order valence-corrected chi connectivity index (χ4v) is 2.47. The highest BCUT2D eigenvalue weighted by Gasteiger charge is 2.13. The predicted molar refractivity (Wildman–Crippen MR) is 71.3 cm³/mol. The van der Waals surface area contributed by atoms with Crippen molar-refractivity contribution >= 4 is 17.7 Å². The zero-order chi connectivity index (χ0) is 13.8. The van der Waals surface area contributed by atoms with Crippen LogP contribution in [0.2, 0.25) is 0 Å². The summed E-state index contributed by atoms with van der Waals surface area (Å²) in [5.74, 6) is -0.596. The third-order valence-corrected chi connectivity index (χ3v) is 3.71. The molecule has 0 fully saturated rings. The van der Waals surface area contributed by atoms with Gasteiger partial charge in [0.1, 0.15) is 5.03 Å². The molecule has 0 unspecified atom stereocenters. The van der Waals surface area contributed by atoms with E-state index in [0.29, 0.717) is 10.6 Å². The van der Waals surface area contributed by atoms with Crippen molar-refractivity contribution in [3.05, 3.63) is 47.2 Å². The van der Waals surface area contributed by atoms with Crippen LogP contribution in [0.15, 0.2) is 40.4 Å². The van der Waals surface area contributed by atoms with E-state index < -0.39 is 5.91 Å². The number of hydrogen-bond acceptors (Lipinski definition) is 5. The smallest absolute Gasteiger partial charge is 0.277 e. The Morgan fingerprint density at radius 3 is 2.74 bits per heavy atom. The molecule has 0 bridgehead atoms. The fraction of sp³-hybridized carbons (Fsp3) is 0.154. The lowest BCUT2D eigenvalue weighted by molar-refractivity contribution is 0.0702. The summed E-state index contributed by atoms with van der Waals surface area (Å²) in [6.45, 7) is 4.06. The minimum atomic E-state index is -0.596. The molecule has 1 aromatic carbocycles. The molecule has 0 atom stereocenters. The van der Waals surface area contributed by atoms with Crippen LogP contribution in [0, 0.1) is 13.8 Å². The van der Waals surface area contributed by atoms with Crippen LogP contribution >= 0.6 is 11.8 Å². The van der Waals surface area contributed by atoms with Gasteiger partial charge in [-0.05, 0) is 43.2 Å². The Labute approximate surface area is 115 Å². The molecule has 0 aliphatic carbocycles. The number of aryl methyl sites for hydroxylation is 2. The Hall–Kier alpha value is -1.92. The van der Waals surface area contributed by atoms with Gasteiger partial charge in [0, 0.05) is 4.90 Å². The first-order valence-corrected chi connectivity index (χ1v) is 6.44. The van der Waals surface area contributed by atoms with Crippen LogP contribution in [0.1, 0.15) is 21.5 Å². The molecule has 5 nitrogen and oxygen atoms in total. The van der Waals surface area contributed by atoms with E-state index in [1.54, 1.807) is 5.48 Å². The van der Waals surface area contributed by atoms with Crippen LogP contribution in [-0.2, 0) is 0 Å². The van der Waals surface area contributed by atoms with Crippen LogP contribution in [0.3, 0.4) is 0 Å². The van der Waals surface area contributed by atoms with Gasteiger partial charge < -0.3 is 0 Å². The summed E-state index contributed by atoms with van der Waals surface area (Å²) in [4.78, 5) is 12.5. The number of aromatic nitrogens is 2. The lowest BCUT2D eigenvalue weighted by Gasteiger charge is -2.07. The predicted octanol–water partition coefficient (Wildman–Crippen LogP) is 2.36. The van der Waals surface area contributed by atoms with Crippen LogP contribution < -0.4 is 5.48 Å². The van der Waals surface area contributed by atoms with Crippen LogP contribution in [0.4, 0.5) is 0 Å². The second-order valence-corrected chi connectivity index (χ2v) is 5.10. The van der Waals surface area contributed by atoms with Gasteiger partial charge >= 0.3 is 0 Å². The molecule has 0 saturated heterocycles. The Morgan fingerprint density at radius 2 is 2.05 bits per heavy atom. The number of benzene rings is 1. The first kappa shape index (κ1) is 13.5. The summed E-state index contributed by atoms with van der Waals surface area (Å²) in [5.41, 5.74) is 4.27. The van der Waals surface area contributed by atoms with Crippen LogP contribution in [0.25, 0.3) is 0 Å². The zero-order valence-electron chi connectivity index (χ0n) is 10.5. The first-order chi connectivity index (χ1) is 9.11. The molecule has 1 amide bonds. The third kappa shape index (κ3) is 3.10. The topological polar surface area (TPSA) is 75.1 Å². The van der Waals surface area contributed by atoms with Crippen molar-refractivity contribution in [1.29, 1.82) is 0 Å². The lowest BCUT2D eigenvalue weighted by Crippen LogP contribution is -2.20. The molecular weight excluding hydrogens is 262 g/mol. The average molecular weight is 275 g/mol. The van der Waals surface area contributed by atoms with E-state index in [2.05, 4.69) is 10.2 Å². The van der Waals surface area contributed by atoms with E-state index >= 15 is 0 Å². The Morgan fingerprint density at radius 1 is 1.26 bits per heavy atom. The molecule has 19 heavy (non-hydrogen) atoms. The van der Waals surface area contributed by atoms with Crippen LogP contribution in [0.5, 0.6) is 0 Å². The monoisotopic (exact) mass is 275 g/mol. The molecule has 6 heteroatoms. The molecular formula is C13H13N3O2S. The maximum Gasteiger partial charge on any atom is 0.277 e. The van der Waals surface area contributed by atoms with E-state index in [0.717, 1.165) is 4.90 Å². The van der Waals surface area contributed by atoms with E-state index in [9.17, 15) is 4.79 Å². The lowest BCUT2D eigenvalue weighted by atomic mass is 10.1. The van der Waals surface area contributed by atoms with Crippen molar-refractivity contribution in [3.8, 4) is 0 Å². The summed E-state index contributed by atoms with van der Waals surface area (Å²) in [7, 11) is 0. The summed E-state index contributed by atoms with van der Waals surface area (Å²) in [6, 6.07) is 7.51.